The summed E-state index contributed by atoms with van der Waals surface area (Å²) >= 11 is 0. The van der Waals surface area contributed by atoms with E-state index in [1.165, 1.54) is 0 Å². The SMILES string of the molecule is [CH2-]C(C)(C)C(=N)N.[CH2-]C(C)(C)C(=N)N.[HH].[Y]. The molecule has 0 heterocycles. The van der Waals surface area contributed by atoms with Gasteiger partial charge in [0, 0.05) is 34.1 Å². The van der Waals surface area contributed by atoms with Gasteiger partial charge in [0.05, 0.1) is 11.7 Å². The Morgan fingerprint density at radius 3 is 1.00 bits per heavy atom. The van der Waals surface area contributed by atoms with Gasteiger partial charge >= 0.3 is 0 Å². The molecule has 0 aliphatic carbocycles. The molecule has 0 atom stereocenters. The Morgan fingerprint density at radius 2 is 1.00 bits per heavy atom. The van der Waals surface area contributed by atoms with Crippen LogP contribution in [0.1, 0.15) is 29.1 Å². The van der Waals surface area contributed by atoms with Crippen molar-refractivity contribution in [1.29, 1.82) is 10.8 Å². The van der Waals surface area contributed by atoms with Crippen LogP contribution >= 0.6 is 0 Å². The molecule has 6 N–H and O–H groups in total. The Balaban J connectivity index is -0.0000000800. The first-order chi connectivity index (χ1) is 5.89. The first-order valence-corrected chi connectivity index (χ1v) is 4.28. The van der Waals surface area contributed by atoms with Crippen molar-refractivity contribution in [2.24, 2.45) is 22.3 Å². The first kappa shape index (κ1) is 20.5. The van der Waals surface area contributed by atoms with Gasteiger partial charge in [-0.05, 0) is 0 Å². The molecule has 0 amide bonds. The Morgan fingerprint density at radius 1 is 0.933 bits per heavy atom. The van der Waals surface area contributed by atoms with Gasteiger partial charge in [0.2, 0.25) is 0 Å². The van der Waals surface area contributed by atoms with Crippen molar-refractivity contribution < 1.29 is 34.1 Å². The third kappa shape index (κ3) is 14.0. The smallest absolute Gasteiger partial charge is 0.0657 e. The monoisotopic (exact) mass is 289 g/mol. The van der Waals surface area contributed by atoms with E-state index in [-0.39, 0.29) is 56.6 Å². The van der Waals surface area contributed by atoms with E-state index in [2.05, 4.69) is 13.8 Å². The number of amidine groups is 2. The number of nitrogens with one attached hydrogen (secondary N) is 2. The molecule has 0 fully saturated rings. The van der Waals surface area contributed by atoms with Gasteiger partial charge < -0.3 is 25.3 Å². The van der Waals surface area contributed by atoms with Crippen molar-refractivity contribution in [1.82, 2.24) is 0 Å². The molecule has 0 aromatic rings. The van der Waals surface area contributed by atoms with Crippen LogP contribution in [-0.2, 0) is 32.7 Å². The maximum absolute atomic E-state index is 6.86. The van der Waals surface area contributed by atoms with E-state index >= 15 is 0 Å². The summed E-state index contributed by atoms with van der Waals surface area (Å²) in [6.07, 6.45) is 0. The van der Waals surface area contributed by atoms with Crippen LogP contribution in [0.15, 0.2) is 0 Å². The van der Waals surface area contributed by atoms with Crippen molar-refractivity contribution >= 4 is 11.7 Å². The van der Waals surface area contributed by atoms with Crippen LogP contribution in [-0.4, -0.2) is 11.7 Å². The van der Waals surface area contributed by atoms with Crippen LogP contribution in [0.5, 0.6) is 0 Å². The van der Waals surface area contributed by atoms with Crippen molar-refractivity contribution in [3.05, 3.63) is 13.8 Å². The van der Waals surface area contributed by atoms with Crippen LogP contribution in [0.3, 0.4) is 0 Å². The van der Waals surface area contributed by atoms with Crippen molar-refractivity contribution in [3.8, 4) is 0 Å². The van der Waals surface area contributed by atoms with Gasteiger partial charge in [-0.3, -0.25) is 10.8 Å². The fourth-order valence-corrected chi connectivity index (χ4v) is 0. The first-order valence-electron chi connectivity index (χ1n) is 4.28. The second-order valence-electron chi connectivity index (χ2n) is 4.60. The minimum Gasteiger partial charge on any atom is -0.389 e. The molecule has 0 aromatic carbocycles. The minimum absolute atomic E-state index is 0. The summed E-state index contributed by atoms with van der Waals surface area (Å²) < 4.78 is 0. The summed E-state index contributed by atoms with van der Waals surface area (Å²) in [4.78, 5) is 0. The number of hydrogen-bond donors (Lipinski definition) is 4. The number of nitrogens with two attached hydrogens (primary N) is 2. The molecule has 0 aromatic heterocycles. The van der Waals surface area contributed by atoms with Gasteiger partial charge in [0.25, 0.3) is 0 Å². The molecule has 1 radical (unpaired) electrons. The average Bonchev–Trinajstić information content (AvgIpc) is 1.83. The summed E-state index contributed by atoms with van der Waals surface area (Å²) in [7, 11) is 0. The molecule has 0 aliphatic rings. The molecule has 4 nitrogen and oxygen atoms in total. The number of hydrogen-bond acceptors (Lipinski definition) is 2. The Bertz CT molecular complexity index is 192. The third-order valence-corrected chi connectivity index (χ3v) is 1.46. The molecule has 0 rings (SSSR count). The van der Waals surface area contributed by atoms with Gasteiger partial charge in [-0.25, -0.2) is 0 Å². The molecule has 0 unspecified atom stereocenters. The van der Waals surface area contributed by atoms with Gasteiger partial charge in [0.1, 0.15) is 0 Å². The minimum atomic E-state index is -0.389. The molecular weight excluding hydrogens is 265 g/mol. The quantitative estimate of drug-likeness (QED) is 0.354. The van der Waals surface area contributed by atoms with E-state index < -0.39 is 0 Å². The summed E-state index contributed by atoms with van der Waals surface area (Å²) in [5, 5.41) is 13.7. The molecule has 89 valence electrons. The second kappa shape index (κ2) is 7.34. The van der Waals surface area contributed by atoms with Crippen molar-refractivity contribution in [2.75, 3.05) is 0 Å². The maximum atomic E-state index is 6.86. The van der Waals surface area contributed by atoms with Crippen LogP contribution in [0.25, 0.3) is 0 Å². The van der Waals surface area contributed by atoms with Gasteiger partial charge in [-0.1, -0.05) is 27.7 Å². The predicted octanol–water partition coefficient (Wildman–Crippen LogP) is 1.81. The fourth-order valence-electron chi connectivity index (χ4n) is 0. The molecular formula is C10H24N4Y-2. The summed E-state index contributed by atoms with van der Waals surface area (Å²) in [5.41, 5.74) is 9.40. The molecule has 15 heavy (non-hydrogen) atoms. The molecule has 0 bridgehead atoms. The van der Waals surface area contributed by atoms with Crippen molar-refractivity contribution in [2.45, 2.75) is 27.7 Å². The van der Waals surface area contributed by atoms with E-state index in [0.717, 1.165) is 0 Å². The average molecular weight is 289 g/mol. The zero-order valence-corrected chi connectivity index (χ0v) is 13.0. The summed E-state index contributed by atoms with van der Waals surface area (Å²) in [6, 6.07) is 0. The second-order valence-corrected chi connectivity index (χ2v) is 4.60. The Hall–Kier alpha value is 0.0439. The number of rotatable bonds is 2. The van der Waals surface area contributed by atoms with Crippen LogP contribution in [0, 0.1) is 35.5 Å². The van der Waals surface area contributed by atoms with E-state index in [0.29, 0.717) is 0 Å². The summed E-state index contributed by atoms with van der Waals surface area (Å²) in [5.74, 6) is 0.264. The van der Waals surface area contributed by atoms with Gasteiger partial charge in [0.15, 0.2) is 0 Å². The van der Waals surface area contributed by atoms with Crippen molar-refractivity contribution in [3.63, 3.8) is 0 Å². The zero-order valence-electron chi connectivity index (χ0n) is 10.1. The molecule has 0 saturated heterocycles. The van der Waals surface area contributed by atoms with E-state index in [4.69, 9.17) is 22.3 Å². The van der Waals surface area contributed by atoms with Gasteiger partial charge in [-0.15, -0.1) is 10.8 Å². The third-order valence-electron chi connectivity index (χ3n) is 1.46. The van der Waals surface area contributed by atoms with E-state index in [1.54, 1.807) is 27.7 Å². The zero-order chi connectivity index (χ0) is 12.2. The molecule has 0 spiro atoms. The maximum Gasteiger partial charge on any atom is 0.0657 e. The largest absolute Gasteiger partial charge is 0.389 e. The predicted molar refractivity (Wildman–Crippen MR) is 64.2 cm³/mol. The molecule has 0 saturated carbocycles. The van der Waals surface area contributed by atoms with Gasteiger partial charge in [-0.2, -0.15) is 0 Å². The fraction of sp³-hybridized carbons (Fsp3) is 0.600. The van der Waals surface area contributed by atoms with Crippen LogP contribution in [0.4, 0.5) is 0 Å². The topological polar surface area (TPSA) is 99.7 Å². The van der Waals surface area contributed by atoms with Crippen LogP contribution < -0.4 is 11.5 Å². The normalized spacial score (nSPS) is 10.5. The molecule has 5 heteroatoms. The van der Waals surface area contributed by atoms with E-state index in [9.17, 15) is 0 Å². The Labute approximate surface area is 120 Å². The standard InChI is InChI=1S/2C5H11N2.Y.H2/c2*1-5(2,3)4(6)7;;/h2*1H2,2-3H3,(H3,6,7);;1H/q2*-1;;. The Kier molecular flexibility index (Phi) is 10.0. The van der Waals surface area contributed by atoms with Crippen LogP contribution in [0.2, 0.25) is 0 Å². The summed E-state index contributed by atoms with van der Waals surface area (Å²) in [6.45, 7) is 14.4. The molecule has 0 aliphatic heterocycles. The van der Waals surface area contributed by atoms with E-state index in [1.807, 2.05) is 0 Å².